The van der Waals surface area contributed by atoms with E-state index in [1.54, 1.807) is 13.8 Å². The first-order valence-corrected chi connectivity index (χ1v) is 4.68. The molecule has 0 unspecified atom stereocenters. The van der Waals surface area contributed by atoms with Crippen molar-refractivity contribution in [2.24, 2.45) is 0 Å². The fraction of sp³-hybridized carbons (Fsp3) is 0.167. The van der Waals surface area contributed by atoms with Gasteiger partial charge in [-0.3, -0.25) is 0 Å². The van der Waals surface area contributed by atoms with Crippen molar-refractivity contribution in [3.05, 3.63) is 46.6 Å². The SMILES string of the molecule is CC1=C(C(=O)O)C=CC=CC(C(=O)O)=C1C. The molecule has 1 aliphatic carbocycles. The van der Waals surface area contributed by atoms with Crippen molar-refractivity contribution < 1.29 is 19.8 Å². The molecule has 0 atom stereocenters. The maximum absolute atomic E-state index is 10.9. The standard InChI is InChI=1S/C12H12O4/c1-7-8(2)10(12(15)16)6-4-3-5-9(7)11(13)14/h3-6H,1-2H3,(H,13,14)(H,15,16). The molecular weight excluding hydrogens is 208 g/mol. The third-order valence-electron chi connectivity index (χ3n) is 2.47. The van der Waals surface area contributed by atoms with Gasteiger partial charge in [0.25, 0.3) is 0 Å². The van der Waals surface area contributed by atoms with E-state index in [1.807, 2.05) is 0 Å². The molecule has 4 heteroatoms. The van der Waals surface area contributed by atoms with Crippen molar-refractivity contribution in [1.29, 1.82) is 0 Å². The van der Waals surface area contributed by atoms with E-state index in [0.717, 1.165) is 0 Å². The van der Waals surface area contributed by atoms with Gasteiger partial charge in [-0.1, -0.05) is 12.2 Å². The van der Waals surface area contributed by atoms with Gasteiger partial charge in [0.15, 0.2) is 0 Å². The fourth-order valence-electron chi connectivity index (χ4n) is 1.42. The lowest BCUT2D eigenvalue weighted by molar-refractivity contribution is -0.133. The lowest BCUT2D eigenvalue weighted by Gasteiger charge is -2.09. The van der Waals surface area contributed by atoms with E-state index in [9.17, 15) is 9.59 Å². The number of rotatable bonds is 2. The average molecular weight is 220 g/mol. The van der Waals surface area contributed by atoms with E-state index in [-0.39, 0.29) is 11.1 Å². The molecule has 1 rings (SSSR count). The van der Waals surface area contributed by atoms with Crippen LogP contribution in [0.3, 0.4) is 0 Å². The minimum Gasteiger partial charge on any atom is -0.478 e. The summed E-state index contributed by atoms with van der Waals surface area (Å²) in [5.74, 6) is -2.12. The number of carboxylic acids is 2. The first kappa shape index (κ1) is 12.0. The van der Waals surface area contributed by atoms with Crippen molar-refractivity contribution in [3.8, 4) is 0 Å². The van der Waals surface area contributed by atoms with E-state index in [4.69, 9.17) is 10.2 Å². The van der Waals surface area contributed by atoms with Crippen LogP contribution in [0.15, 0.2) is 46.6 Å². The van der Waals surface area contributed by atoms with Crippen LogP contribution in [0.2, 0.25) is 0 Å². The van der Waals surface area contributed by atoms with Gasteiger partial charge >= 0.3 is 11.9 Å². The Morgan fingerprint density at radius 3 is 1.44 bits per heavy atom. The second-order valence-electron chi connectivity index (χ2n) is 3.41. The van der Waals surface area contributed by atoms with Gasteiger partial charge in [-0.05, 0) is 37.1 Å². The van der Waals surface area contributed by atoms with Gasteiger partial charge in [0.2, 0.25) is 0 Å². The fourth-order valence-corrected chi connectivity index (χ4v) is 1.42. The van der Waals surface area contributed by atoms with Gasteiger partial charge in [-0.15, -0.1) is 0 Å². The highest BCUT2D eigenvalue weighted by molar-refractivity contribution is 5.95. The van der Waals surface area contributed by atoms with Gasteiger partial charge in [0.1, 0.15) is 0 Å². The molecule has 0 fully saturated rings. The van der Waals surface area contributed by atoms with Crippen LogP contribution >= 0.6 is 0 Å². The van der Waals surface area contributed by atoms with Crippen molar-refractivity contribution in [3.63, 3.8) is 0 Å². The number of allylic oxidation sites excluding steroid dienone is 4. The molecule has 0 aliphatic heterocycles. The van der Waals surface area contributed by atoms with Crippen LogP contribution < -0.4 is 0 Å². The Labute approximate surface area is 92.9 Å². The molecule has 0 spiro atoms. The minimum absolute atomic E-state index is 0.112. The molecule has 0 aromatic carbocycles. The second-order valence-corrected chi connectivity index (χ2v) is 3.41. The van der Waals surface area contributed by atoms with Gasteiger partial charge < -0.3 is 10.2 Å². The van der Waals surface area contributed by atoms with Crippen LogP contribution in [0.4, 0.5) is 0 Å². The highest BCUT2D eigenvalue weighted by atomic mass is 16.4. The summed E-state index contributed by atoms with van der Waals surface area (Å²) >= 11 is 0. The molecule has 0 saturated carbocycles. The van der Waals surface area contributed by atoms with Crippen LogP contribution in [0, 0.1) is 0 Å². The zero-order valence-electron chi connectivity index (χ0n) is 9.02. The molecule has 0 aromatic heterocycles. The lowest BCUT2D eigenvalue weighted by atomic mass is 9.95. The maximum atomic E-state index is 10.9. The summed E-state index contributed by atoms with van der Waals surface area (Å²) < 4.78 is 0. The highest BCUT2D eigenvalue weighted by Crippen LogP contribution is 2.22. The molecule has 16 heavy (non-hydrogen) atoms. The lowest BCUT2D eigenvalue weighted by Crippen LogP contribution is -2.07. The average Bonchev–Trinajstić information content (AvgIpc) is 2.18. The van der Waals surface area contributed by atoms with E-state index in [0.29, 0.717) is 11.1 Å². The largest absolute Gasteiger partial charge is 0.478 e. The third kappa shape index (κ3) is 2.28. The number of aliphatic carboxylic acids is 2. The predicted molar refractivity (Wildman–Crippen MR) is 59.0 cm³/mol. The normalized spacial score (nSPS) is 16.1. The van der Waals surface area contributed by atoms with Gasteiger partial charge in [0.05, 0.1) is 11.1 Å². The summed E-state index contributed by atoms with van der Waals surface area (Å²) in [7, 11) is 0. The number of hydrogen-bond acceptors (Lipinski definition) is 2. The minimum atomic E-state index is -1.06. The van der Waals surface area contributed by atoms with E-state index in [1.165, 1.54) is 24.3 Å². The van der Waals surface area contributed by atoms with Crippen molar-refractivity contribution in [1.82, 2.24) is 0 Å². The zero-order chi connectivity index (χ0) is 12.3. The first-order valence-electron chi connectivity index (χ1n) is 4.68. The Morgan fingerprint density at radius 1 is 0.875 bits per heavy atom. The number of carbonyl (C=O) groups is 2. The summed E-state index contributed by atoms with van der Waals surface area (Å²) in [6.45, 7) is 3.20. The Kier molecular flexibility index (Phi) is 3.45. The van der Waals surface area contributed by atoms with Crippen LogP contribution in [0.25, 0.3) is 0 Å². The Bertz CT molecular complexity index is 417. The molecule has 84 valence electrons. The van der Waals surface area contributed by atoms with Crippen LogP contribution in [0.1, 0.15) is 13.8 Å². The highest BCUT2D eigenvalue weighted by Gasteiger charge is 2.15. The number of carboxylic acid groups (broad SMARTS) is 2. The van der Waals surface area contributed by atoms with Crippen molar-refractivity contribution in [2.75, 3.05) is 0 Å². The van der Waals surface area contributed by atoms with E-state index in [2.05, 4.69) is 0 Å². The van der Waals surface area contributed by atoms with Gasteiger partial charge in [-0.25, -0.2) is 9.59 Å². The van der Waals surface area contributed by atoms with Crippen molar-refractivity contribution in [2.45, 2.75) is 13.8 Å². The molecule has 0 aromatic rings. The molecule has 2 N–H and O–H groups in total. The topological polar surface area (TPSA) is 74.6 Å². The molecule has 1 aliphatic rings. The summed E-state index contributed by atoms with van der Waals surface area (Å²) in [4.78, 5) is 21.9. The quantitative estimate of drug-likeness (QED) is 0.745. The van der Waals surface area contributed by atoms with Crippen molar-refractivity contribution >= 4 is 11.9 Å². The molecule has 0 saturated heterocycles. The summed E-state index contributed by atoms with van der Waals surface area (Å²) in [5.41, 5.74) is 1.15. The monoisotopic (exact) mass is 220 g/mol. The van der Waals surface area contributed by atoms with E-state index < -0.39 is 11.9 Å². The van der Waals surface area contributed by atoms with Crippen LogP contribution in [0.5, 0.6) is 0 Å². The third-order valence-corrected chi connectivity index (χ3v) is 2.47. The van der Waals surface area contributed by atoms with Gasteiger partial charge in [0, 0.05) is 0 Å². The zero-order valence-corrected chi connectivity index (χ0v) is 9.02. The predicted octanol–water partition coefficient (Wildman–Crippen LogP) is 1.91. The Balaban J connectivity index is 3.44. The maximum Gasteiger partial charge on any atom is 0.335 e. The number of hydrogen-bond donors (Lipinski definition) is 2. The van der Waals surface area contributed by atoms with Crippen LogP contribution in [-0.2, 0) is 9.59 Å². The molecule has 0 radical (unpaired) electrons. The molecule has 0 heterocycles. The summed E-state index contributed by atoms with van der Waals surface area (Å²) in [5, 5.41) is 17.9. The first-order chi connectivity index (χ1) is 7.45. The summed E-state index contributed by atoms with van der Waals surface area (Å²) in [6.07, 6.45) is 5.94. The van der Waals surface area contributed by atoms with Gasteiger partial charge in [-0.2, -0.15) is 0 Å². The van der Waals surface area contributed by atoms with Crippen LogP contribution in [-0.4, -0.2) is 22.2 Å². The summed E-state index contributed by atoms with van der Waals surface area (Å²) in [6, 6.07) is 0. The Morgan fingerprint density at radius 2 is 1.19 bits per heavy atom. The van der Waals surface area contributed by atoms with E-state index >= 15 is 0 Å². The molecule has 0 bridgehead atoms. The molecular formula is C12H12O4. The Hall–Kier alpha value is -2.10. The second kappa shape index (κ2) is 4.61. The molecule has 0 amide bonds. The molecule has 4 nitrogen and oxygen atoms in total. The smallest absolute Gasteiger partial charge is 0.335 e.